The summed E-state index contributed by atoms with van der Waals surface area (Å²) in [5, 5.41) is 21.9. The first-order valence-corrected chi connectivity index (χ1v) is 12.1. The van der Waals surface area contributed by atoms with Crippen molar-refractivity contribution in [1.29, 1.82) is 0 Å². The second kappa shape index (κ2) is 10.4. The molecule has 0 spiro atoms. The summed E-state index contributed by atoms with van der Waals surface area (Å²) in [4.78, 5) is 43.1. The van der Waals surface area contributed by atoms with Gasteiger partial charge in [-0.05, 0) is 54.5 Å². The molecule has 1 aromatic heterocycles. The number of aliphatic hydroxyl groups is 1. The van der Waals surface area contributed by atoms with Gasteiger partial charge in [0.1, 0.15) is 5.60 Å². The summed E-state index contributed by atoms with van der Waals surface area (Å²) in [6.45, 7) is 0.697. The summed E-state index contributed by atoms with van der Waals surface area (Å²) in [6.07, 6.45) is 2.63. The number of piperidine rings is 1. The predicted octanol–water partition coefficient (Wildman–Crippen LogP) is 2.60. The number of amides is 2. The van der Waals surface area contributed by atoms with Crippen molar-refractivity contribution in [3.63, 3.8) is 0 Å². The van der Waals surface area contributed by atoms with Gasteiger partial charge >= 0.3 is 6.09 Å². The van der Waals surface area contributed by atoms with Gasteiger partial charge in [-0.25, -0.2) is 4.79 Å². The number of likely N-dealkylation sites (tertiary alicyclic amines) is 1. The molecule has 2 heterocycles. The number of halogens is 1. The Labute approximate surface area is 208 Å². The van der Waals surface area contributed by atoms with Crippen LogP contribution in [0.3, 0.4) is 0 Å². The molecule has 2 atom stereocenters. The van der Waals surface area contributed by atoms with Crippen LogP contribution in [0.15, 0.2) is 41.3 Å². The Morgan fingerprint density at radius 2 is 2.06 bits per heavy atom. The fourth-order valence-electron chi connectivity index (χ4n) is 4.74. The summed E-state index contributed by atoms with van der Waals surface area (Å²) in [7, 11) is 1.64. The van der Waals surface area contributed by atoms with Gasteiger partial charge in [0.15, 0.2) is 0 Å². The molecule has 3 N–H and O–H groups in total. The van der Waals surface area contributed by atoms with Gasteiger partial charge in [-0.15, -0.1) is 0 Å². The van der Waals surface area contributed by atoms with Gasteiger partial charge in [0, 0.05) is 50.1 Å². The monoisotopic (exact) mass is 503 g/mol. The number of hydrogen-bond donors (Lipinski definition) is 3. The number of carbonyl (C=O) groups is 2. The van der Waals surface area contributed by atoms with Gasteiger partial charge in [0.05, 0.1) is 12.5 Å². The molecule has 2 amide bonds. The minimum absolute atomic E-state index is 0.00489. The normalized spacial score (nSPS) is 22.1. The van der Waals surface area contributed by atoms with Crippen molar-refractivity contribution >= 4 is 23.6 Å². The molecule has 188 valence electrons. The Morgan fingerprint density at radius 1 is 1.29 bits per heavy atom. The van der Waals surface area contributed by atoms with E-state index in [-0.39, 0.29) is 38.0 Å². The summed E-state index contributed by atoms with van der Waals surface area (Å²) in [5.41, 5.74) is 0.0471. The molecule has 1 saturated carbocycles. The Morgan fingerprint density at radius 3 is 2.71 bits per heavy atom. The van der Waals surface area contributed by atoms with Crippen LogP contribution in [0.2, 0.25) is 5.02 Å². The highest BCUT2D eigenvalue weighted by Gasteiger charge is 2.50. The Hall–Kier alpha value is -2.88. The maximum atomic E-state index is 14.0. The van der Waals surface area contributed by atoms with Crippen molar-refractivity contribution in [2.24, 2.45) is 5.92 Å². The lowest BCUT2D eigenvalue weighted by atomic mass is 9.75. The van der Waals surface area contributed by atoms with Crippen molar-refractivity contribution in [3.05, 3.63) is 68.6 Å². The number of aromatic nitrogens is 1. The van der Waals surface area contributed by atoms with Gasteiger partial charge in [-0.1, -0.05) is 23.7 Å². The average molecular weight is 504 g/mol. The lowest BCUT2D eigenvalue weighted by molar-refractivity contribution is -0.154. The van der Waals surface area contributed by atoms with Crippen LogP contribution in [0.25, 0.3) is 0 Å². The van der Waals surface area contributed by atoms with Gasteiger partial charge in [0.25, 0.3) is 0 Å². The second-order valence-corrected chi connectivity index (χ2v) is 9.67. The van der Waals surface area contributed by atoms with Crippen molar-refractivity contribution in [2.75, 3.05) is 26.8 Å². The zero-order valence-corrected chi connectivity index (χ0v) is 20.3. The van der Waals surface area contributed by atoms with Crippen molar-refractivity contribution in [3.8, 4) is 0 Å². The van der Waals surface area contributed by atoms with E-state index in [4.69, 9.17) is 16.3 Å². The highest BCUT2D eigenvalue weighted by molar-refractivity contribution is 6.31. The number of methoxy groups -OCH3 is 1. The molecule has 1 saturated heterocycles. The number of H-pyrrole nitrogens is 1. The van der Waals surface area contributed by atoms with Crippen molar-refractivity contribution in [1.82, 2.24) is 14.8 Å². The van der Waals surface area contributed by atoms with E-state index in [1.807, 2.05) is 12.1 Å². The number of ether oxygens (including phenoxy) is 1. The van der Waals surface area contributed by atoms with E-state index >= 15 is 0 Å². The van der Waals surface area contributed by atoms with Crippen LogP contribution in [0, 0.1) is 5.92 Å². The van der Waals surface area contributed by atoms with Crippen LogP contribution >= 0.6 is 11.6 Å². The average Bonchev–Trinajstić information content (AvgIpc) is 3.67. The second-order valence-electron chi connectivity index (χ2n) is 9.26. The Bertz CT molecular complexity index is 1150. The van der Waals surface area contributed by atoms with Crippen LogP contribution < -0.4 is 5.56 Å². The standard InChI is InChI=1S/C25H30ClN3O6/c1-35-11-7-16-2-5-21(26)17(12-16)14-29(19-3-4-19)23(31)20-15-28(24(32)33)10-8-25(20,34)18-6-9-27-22(30)13-18/h2,5-6,9,12-13,19-20,34H,3-4,7-8,10-11,14-15H2,1H3,(H,27,30)(H,32,33)/t20-,25+/m1/s1. The molecule has 2 aromatic rings. The summed E-state index contributed by atoms with van der Waals surface area (Å²) in [5.74, 6) is -1.41. The fourth-order valence-corrected chi connectivity index (χ4v) is 4.92. The number of nitrogens with one attached hydrogen (secondary N) is 1. The molecule has 0 bridgehead atoms. The largest absolute Gasteiger partial charge is 0.465 e. The zero-order chi connectivity index (χ0) is 25.2. The lowest BCUT2D eigenvalue weighted by Gasteiger charge is -2.44. The molecule has 9 nitrogen and oxygen atoms in total. The molecule has 0 unspecified atom stereocenters. The SMILES string of the molecule is COCCc1ccc(Cl)c(CN(C(=O)[C@H]2CN(C(=O)O)CC[C@]2(O)c2cc[nH]c(=O)c2)C2CC2)c1. The number of pyridine rings is 1. The zero-order valence-electron chi connectivity index (χ0n) is 19.6. The smallest absolute Gasteiger partial charge is 0.407 e. The summed E-state index contributed by atoms with van der Waals surface area (Å²) in [6, 6.07) is 8.51. The molecular weight excluding hydrogens is 474 g/mol. The van der Waals surface area contributed by atoms with Crippen LogP contribution in [0.4, 0.5) is 4.79 Å². The van der Waals surface area contributed by atoms with Gasteiger partial charge in [-0.2, -0.15) is 0 Å². The molecule has 10 heteroatoms. The lowest BCUT2D eigenvalue weighted by Crippen LogP contribution is -2.57. The maximum absolute atomic E-state index is 14.0. The van der Waals surface area contributed by atoms with Gasteiger partial charge in [0.2, 0.25) is 11.5 Å². The van der Waals surface area contributed by atoms with Crippen LogP contribution in [-0.2, 0) is 28.1 Å². The van der Waals surface area contributed by atoms with Crippen LogP contribution in [0.5, 0.6) is 0 Å². The van der Waals surface area contributed by atoms with Gasteiger partial charge in [-0.3, -0.25) is 9.59 Å². The number of aromatic amines is 1. The molecule has 2 aliphatic rings. The highest BCUT2D eigenvalue weighted by Crippen LogP contribution is 2.41. The van der Waals surface area contributed by atoms with Crippen molar-refractivity contribution < 1.29 is 24.5 Å². The molecule has 1 aliphatic heterocycles. The minimum atomic E-state index is -1.67. The number of carboxylic acid groups (broad SMARTS) is 1. The Balaban J connectivity index is 1.67. The fraction of sp³-hybridized carbons (Fsp3) is 0.480. The molecular formula is C25H30ClN3O6. The number of rotatable bonds is 8. The number of nitrogens with zero attached hydrogens (tertiary/aromatic N) is 2. The summed E-state index contributed by atoms with van der Waals surface area (Å²) >= 11 is 6.48. The van der Waals surface area contributed by atoms with Gasteiger partial charge < -0.3 is 29.7 Å². The van der Waals surface area contributed by atoms with E-state index in [0.717, 1.165) is 28.9 Å². The van der Waals surface area contributed by atoms with E-state index in [0.29, 0.717) is 23.6 Å². The predicted molar refractivity (Wildman–Crippen MR) is 129 cm³/mol. The quantitative estimate of drug-likeness (QED) is 0.509. The molecule has 0 radical (unpaired) electrons. The highest BCUT2D eigenvalue weighted by atomic mass is 35.5. The first kappa shape index (κ1) is 25.2. The minimum Gasteiger partial charge on any atom is -0.465 e. The molecule has 1 aromatic carbocycles. The summed E-state index contributed by atoms with van der Waals surface area (Å²) < 4.78 is 5.16. The van der Waals surface area contributed by atoms with E-state index in [9.17, 15) is 24.6 Å². The van der Waals surface area contributed by atoms with Crippen LogP contribution in [0.1, 0.15) is 36.0 Å². The Kier molecular flexibility index (Phi) is 7.49. The molecule has 1 aliphatic carbocycles. The topological polar surface area (TPSA) is 123 Å². The van der Waals surface area contributed by atoms with Crippen LogP contribution in [-0.4, -0.2) is 69.8 Å². The van der Waals surface area contributed by atoms with E-state index in [2.05, 4.69) is 4.98 Å². The third-order valence-electron chi connectivity index (χ3n) is 6.90. The maximum Gasteiger partial charge on any atom is 0.407 e. The van der Waals surface area contributed by atoms with E-state index in [1.165, 1.54) is 12.3 Å². The number of hydrogen-bond acceptors (Lipinski definition) is 5. The van der Waals surface area contributed by atoms with E-state index in [1.54, 1.807) is 24.1 Å². The third-order valence-corrected chi connectivity index (χ3v) is 7.27. The first-order valence-electron chi connectivity index (χ1n) is 11.7. The molecule has 35 heavy (non-hydrogen) atoms. The first-order chi connectivity index (χ1) is 16.7. The number of benzene rings is 1. The molecule has 2 fully saturated rings. The number of carbonyl (C=O) groups excluding carboxylic acids is 1. The third kappa shape index (κ3) is 5.52. The van der Waals surface area contributed by atoms with E-state index < -0.39 is 23.2 Å². The molecule has 4 rings (SSSR count). The van der Waals surface area contributed by atoms with Crippen molar-refractivity contribution in [2.45, 2.75) is 43.9 Å².